The van der Waals surface area contributed by atoms with E-state index in [-0.39, 0.29) is 0 Å². The molecule has 0 aliphatic heterocycles. The van der Waals surface area contributed by atoms with Crippen LogP contribution >= 0.6 is 11.3 Å². The van der Waals surface area contributed by atoms with Gasteiger partial charge in [-0.15, -0.1) is 11.3 Å². The van der Waals surface area contributed by atoms with Gasteiger partial charge in [0.1, 0.15) is 33.7 Å². The van der Waals surface area contributed by atoms with E-state index in [0.29, 0.717) is 39.0 Å². The summed E-state index contributed by atoms with van der Waals surface area (Å²) < 4.78 is 27.7. The third kappa shape index (κ3) is 4.10. The fourth-order valence-electron chi connectivity index (χ4n) is 3.60. The van der Waals surface area contributed by atoms with Crippen LogP contribution in [0.25, 0.3) is 27.4 Å². The van der Waals surface area contributed by atoms with Crippen molar-refractivity contribution >= 4 is 27.7 Å². The number of aromatic nitrogens is 2. The van der Waals surface area contributed by atoms with Gasteiger partial charge in [-0.2, -0.15) is 0 Å². The van der Waals surface area contributed by atoms with Crippen molar-refractivity contribution in [3.8, 4) is 22.8 Å². The summed E-state index contributed by atoms with van der Waals surface area (Å²) in [6.45, 7) is 0.351. The lowest BCUT2D eigenvalue weighted by Crippen LogP contribution is -2.01. The van der Waals surface area contributed by atoms with E-state index < -0.39 is 11.8 Å². The fourth-order valence-corrected chi connectivity index (χ4v) is 4.53. The number of rotatable bonds is 6. The molecule has 0 spiro atoms. The molecule has 0 bridgehead atoms. The number of carbonyl (C=O) groups is 1. The molecule has 0 radical (unpaired) electrons. The smallest absolute Gasteiger partial charge is 0.348 e. The van der Waals surface area contributed by atoms with Gasteiger partial charge in [0.2, 0.25) is 0 Å². The maximum absolute atomic E-state index is 15.3. The topological polar surface area (TPSA) is 53.4 Å². The van der Waals surface area contributed by atoms with Gasteiger partial charge in [0.05, 0.1) is 18.2 Å². The van der Waals surface area contributed by atoms with Crippen LogP contribution in [-0.2, 0) is 11.3 Å². The average molecular weight is 459 g/mol. The zero-order valence-corrected chi connectivity index (χ0v) is 18.5. The third-order valence-corrected chi connectivity index (χ3v) is 6.18. The first-order valence-electron chi connectivity index (χ1n) is 10.3. The van der Waals surface area contributed by atoms with Crippen LogP contribution in [0.4, 0.5) is 4.39 Å². The number of esters is 1. The number of carbonyl (C=O) groups excluding carboxylic acids is 1. The fraction of sp³-hybridized carbons (Fsp3) is 0.0769. The number of nitrogens with zero attached hydrogens (tertiary/aromatic N) is 2. The zero-order chi connectivity index (χ0) is 22.8. The van der Waals surface area contributed by atoms with Gasteiger partial charge < -0.3 is 9.47 Å². The minimum absolute atomic E-state index is 0.342. The maximum Gasteiger partial charge on any atom is 0.348 e. The number of methoxy groups -OCH3 is 1. The van der Waals surface area contributed by atoms with E-state index in [0.717, 1.165) is 11.3 Å². The van der Waals surface area contributed by atoms with Crippen molar-refractivity contribution in [2.24, 2.45) is 0 Å². The molecule has 5 nitrogen and oxygen atoms in total. The molecular weight excluding hydrogens is 439 g/mol. The molecule has 7 heteroatoms. The van der Waals surface area contributed by atoms with Crippen LogP contribution < -0.4 is 4.74 Å². The van der Waals surface area contributed by atoms with Crippen molar-refractivity contribution in [3.05, 3.63) is 101 Å². The first kappa shape index (κ1) is 20.9. The van der Waals surface area contributed by atoms with Crippen LogP contribution in [0, 0.1) is 5.82 Å². The second-order valence-electron chi connectivity index (χ2n) is 7.31. The number of imidazole rings is 1. The minimum atomic E-state index is -0.441. The lowest BCUT2D eigenvalue weighted by atomic mass is 10.1. The van der Waals surface area contributed by atoms with E-state index >= 15 is 4.39 Å². The van der Waals surface area contributed by atoms with E-state index in [1.807, 2.05) is 65.2 Å². The molecule has 2 heterocycles. The van der Waals surface area contributed by atoms with Crippen LogP contribution in [0.2, 0.25) is 0 Å². The zero-order valence-electron chi connectivity index (χ0n) is 17.7. The van der Waals surface area contributed by atoms with Crippen molar-refractivity contribution in [2.45, 2.75) is 6.61 Å². The van der Waals surface area contributed by atoms with E-state index in [4.69, 9.17) is 9.47 Å². The van der Waals surface area contributed by atoms with Crippen LogP contribution in [-0.4, -0.2) is 22.6 Å². The number of hydrogen-bond acceptors (Lipinski definition) is 5. The number of hydrogen-bond donors (Lipinski definition) is 0. The van der Waals surface area contributed by atoms with Crippen LogP contribution in [0.5, 0.6) is 5.75 Å². The number of para-hydroxylation sites is 1. The lowest BCUT2D eigenvalue weighted by molar-refractivity contribution is 0.0606. The van der Waals surface area contributed by atoms with Gasteiger partial charge in [-0.1, -0.05) is 48.5 Å². The van der Waals surface area contributed by atoms with Crippen molar-refractivity contribution in [1.82, 2.24) is 9.55 Å². The summed E-state index contributed by atoms with van der Waals surface area (Å²) in [5.74, 6) is 0.0209. The highest BCUT2D eigenvalue weighted by Crippen LogP contribution is 2.35. The SMILES string of the molecule is COC(=O)c1cc2c(nc(-c3ccc(OCc4ccccc4)cc3F)n2-c2ccccc2)s1. The van der Waals surface area contributed by atoms with Gasteiger partial charge in [0.15, 0.2) is 0 Å². The Morgan fingerprint density at radius 1 is 1.00 bits per heavy atom. The van der Waals surface area contributed by atoms with Gasteiger partial charge in [0, 0.05) is 11.8 Å². The molecule has 2 aromatic heterocycles. The van der Waals surface area contributed by atoms with Crippen LogP contribution in [0.3, 0.4) is 0 Å². The molecule has 5 aromatic rings. The molecule has 0 atom stereocenters. The standard InChI is InChI=1S/C26H19FN2O3S/c1-31-26(30)23-15-22-25(33-23)28-24(29(22)18-10-6-3-7-11-18)20-13-12-19(14-21(20)27)32-16-17-8-4-2-5-9-17/h2-15H,16H2,1H3. The molecule has 3 aromatic carbocycles. The maximum atomic E-state index is 15.3. The van der Waals surface area contributed by atoms with Gasteiger partial charge in [-0.05, 0) is 35.9 Å². The Kier molecular flexibility index (Phi) is 5.62. The summed E-state index contributed by atoms with van der Waals surface area (Å²) in [7, 11) is 1.34. The molecule has 0 fully saturated rings. The Hall–Kier alpha value is -3.97. The molecule has 0 unspecified atom stereocenters. The molecule has 0 aliphatic carbocycles. The Labute approximate surface area is 193 Å². The first-order valence-corrected chi connectivity index (χ1v) is 11.1. The van der Waals surface area contributed by atoms with E-state index in [1.54, 1.807) is 18.2 Å². The van der Waals surface area contributed by atoms with Gasteiger partial charge in [0.25, 0.3) is 0 Å². The lowest BCUT2D eigenvalue weighted by Gasteiger charge is -2.11. The molecule has 0 amide bonds. The number of fused-ring (bicyclic) bond motifs is 1. The Morgan fingerprint density at radius 2 is 1.73 bits per heavy atom. The molecule has 164 valence electrons. The molecule has 0 N–H and O–H groups in total. The largest absolute Gasteiger partial charge is 0.489 e. The molecule has 0 saturated heterocycles. The Bertz CT molecular complexity index is 1430. The highest BCUT2D eigenvalue weighted by molar-refractivity contribution is 7.20. The summed E-state index contributed by atoms with van der Waals surface area (Å²) in [6.07, 6.45) is 0. The minimum Gasteiger partial charge on any atom is -0.489 e. The predicted molar refractivity (Wildman–Crippen MR) is 126 cm³/mol. The number of ether oxygens (including phenoxy) is 2. The summed E-state index contributed by atoms with van der Waals surface area (Å²) in [4.78, 5) is 17.8. The molecular formula is C26H19FN2O3S. The number of halogens is 1. The van der Waals surface area contributed by atoms with Gasteiger partial charge >= 0.3 is 5.97 Å². The number of benzene rings is 3. The summed E-state index contributed by atoms with van der Waals surface area (Å²) >= 11 is 1.22. The normalized spacial score (nSPS) is 11.0. The summed E-state index contributed by atoms with van der Waals surface area (Å²) in [5, 5.41) is 0. The molecule has 33 heavy (non-hydrogen) atoms. The third-order valence-electron chi connectivity index (χ3n) is 5.18. The number of thiophene rings is 1. The molecule has 5 rings (SSSR count). The van der Waals surface area contributed by atoms with Gasteiger partial charge in [-0.3, -0.25) is 4.57 Å². The summed E-state index contributed by atoms with van der Waals surface area (Å²) in [6, 6.07) is 25.7. The van der Waals surface area contributed by atoms with E-state index in [1.165, 1.54) is 24.5 Å². The van der Waals surface area contributed by atoms with Crippen molar-refractivity contribution in [2.75, 3.05) is 7.11 Å². The van der Waals surface area contributed by atoms with Crippen molar-refractivity contribution in [3.63, 3.8) is 0 Å². The monoisotopic (exact) mass is 458 g/mol. The average Bonchev–Trinajstić information content (AvgIpc) is 3.41. The first-order chi connectivity index (χ1) is 16.1. The van der Waals surface area contributed by atoms with Crippen molar-refractivity contribution < 1.29 is 18.7 Å². The van der Waals surface area contributed by atoms with Crippen LogP contribution in [0.15, 0.2) is 84.9 Å². The highest BCUT2D eigenvalue weighted by atomic mass is 32.1. The van der Waals surface area contributed by atoms with E-state index in [2.05, 4.69) is 4.98 Å². The Balaban J connectivity index is 1.55. The van der Waals surface area contributed by atoms with E-state index in [9.17, 15) is 4.79 Å². The highest BCUT2D eigenvalue weighted by Gasteiger charge is 2.22. The quantitative estimate of drug-likeness (QED) is 0.282. The second kappa shape index (κ2) is 8.88. The Morgan fingerprint density at radius 3 is 2.42 bits per heavy atom. The molecule has 0 aliphatic rings. The molecule has 0 saturated carbocycles. The second-order valence-corrected chi connectivity index (χ2v) is 8.35. The van der Waals surface area contributed by atoms with Crippen LogP contribution in [0.1, 0.15) is 15.2 Å². The summed E-state index contributed by atoms with van der Waals surface area (Å²) in [5.41, 5.74) is 2.87. The van der Waals surface area contributed by atoms with Gasteiger partial charge in [-0.25, -0.2) is 14.2 Å². The van der Waals surface area contributed by atoms with Crippen molar-refractivity contribution in [1.29, 1.82) is 0 Å². The predicted octanol–water partition coefficient (Wildman–Crippen LogP) is 6.26.